The number of guanidine groups is 1. The number of aliphatic hydroxyl groups is 3. The minimum atomic E-state index is -1.68. The molecule has 3 rings (SSSR count). The number of nitrogens with one attached hydrogen (secondary N) is 6. The number of carbonyl (C=O) groups excluding carboxylic acids is 7. The Hall–Kier alpha value is -5.13. The number of aliphatic imine (C=N–C) groups is 1. The third kappa shape index (κ3) is 15.2. The van der Waals surface area contributed by atoms with Gasteiger partial charge in [0.05, 0.1) is 19.6 Å². The summed E-state index contributed by atoms with van der Waals surface area (Å²) in [5.74, 6) is -6.73. The van der Waals surface area contributed by atoms with Gasteiger partial charge in [-0.2, -0.15) is 0 Å². The van der Waals surface area contributed by atoms with Crippen molar-refractivity contribution in [2.45, 2.75) is 139 Å². The van der Waals surface area contributed by atoms with E-state index in [0.29, 0.717) is 12.8 Å². The Morgan fingerprint density at radius 2 is 1.53 bits per heavy atom. The van der Waals surface area contributed by atoms with Crippen LogP contribution in [-0.4, -0.2) is 160 Å². The van der Waals surface area contributed by atoms with Gasteiger partial charge in [0.25, 0.3) is 0 Å². The molecule has 0 radical (unpaired) electrons. The second kappa shape index (κ2) is 23.5. The molecule has 23 nitrogen and oxygen atoms in total. The number of hydrogen-bond acceptors (Lipinski definition) is 13. The monoisotopic (exact) mass is 840 g/mol. The number of carboxylic acid groups (broad SMARTS) is 1. The molecule has 2 heterocycles. The van der Waals surface area contributed by atoms with Gasteiger partial charge in [0.1, 0.15) is 48.5 Å². The molecule has 0 bridgehead atoms. The van der Waals surface area contributed by atoms with Crippen LogP contribution in [0, 0.1) is 5.92 Å². The zero-order valence-electron chi connectivity index (χ0n) is 33.4. The van der Waals surface area contributed by atoms with Crippen molar-refractivity contribution in [1.82, 2.24) is 36.8 Å². The Kier molecular flexibility index (Phi) is 19.2. The maximum Gasteiger partial charge on any atom is 0.305 e. The number of carbonyl (C=O) groups is 8. The lowest BCUT2D eigenvalue weighted by atomic mass is 9.84. The van der Waals surface area contributed by atoms with E-state index in [9.17, 15) is 58.8 Å². The van der Waals surface area contributed by atoms with Crippen LogP contribution in [0.1, 0.15) is 84.5 Å². The second-order valence-electron chi connectivity index (χ2n) is 15.1. The van der Waals surface area contributed by atoms with E-state index in [0.717, 1.165) is 39.0 Å². The fraction of sp³-hybridized carbons (Fsp3) is 0.750. The van der Waals surface area contributed by atoms with Gasteiger partial charge in [0.15, 0.2) is 12.2 Å². The molecule has 14 N–H and O–H groups in total. The Bertz CT molecular complexity index is 1540. The van der Waals surface area contributed by atoms with Crippen LogP contribution in [0.5, 0.6) is 0 Å². The summed E-state index contributed by atoms with van der Waals surface area (Å²) in [5.41, 5.74) is 10.6. The summed E-state index contributed by atoms with van der Waals surface area (Å²) in [4.78, 5) is 108. The van der Waals surface area contributed by atoms with Crippen LogP contribution in [0.25, 0.3) is 0 Å². The molecule has 2 aliphatic heterocycles. The van der Waals surface area contributed by atoms with Crippen LogP contribution < -0.4 is 43.4 Å². The zero-order chi connectivity index (χ0) is 43.8. The molecule has 2 saturated heterocycles. The van der Waals surface area contributed by atoms with E-state index in [1.807, 2.05) is 0 Å². The maximum absolute atomic E-state index is 14.3. The molecular weight excluding hydrogens is 780 g/mol. The molecular formula is C36H60N10O13. The summed E-state index contributed by atoms with van der Waals surface area (Å²) < 4.78 is 5.63. The van der Waals surface area contributed by atoms with E-state index in [1.54, 1.807) is 0 Å². The third-order valence-electron chi connectivity index (χ3n) is 10.4. The Labute approximate surface area is 341 Å². The van der Waals surface area contributed by atoms with Crippen molar-refractivity contribution >= 4 is 53.3 Å². The molecule has 3 fully saturated rings. The summed E-state index contributed by atoms with van der Waals surface area (Å²) in [6.45, 7) is 1.24. The molecule has 0 spiro atoms. The van der Waals surface area contributed by atoms with Gasteiger partial charge in [-0.15, -0.1) is 0 Å². The van der Waals surface area contributed by atoms with E-state index >= 15 is 0 Å². The van der Waals surface area contributed by atoms with E-state index < -0.39 is 122 Å². The average Bonchev–Trinajstić information content (AvgIpc) is 3.67. The smallest absolute Gasteiger partial charge is 0.305 e. The highest BCUT2D eigenvalue weighted by molar-refractivity contribution is 5.97. The average molecular weight is 841 g/mol. The van der Waals surface area contributed by atoms with Crippen LogP contribution in [-0.2, 0) is 43.1 Å². The Morgan fingerprint density at radius 3 is 2.14 bits per heavy atom. The largest absolute Gasteiger partial charge is 0.481 e. The number of aliphatic carboxylic acids is 1. The van der Waals surface area contributed by atoms with Gasteiger partial charge in [0, 0.05) is 26.9 Å². The quantitative estimate of drug-likeness (QED) is 0.0311. The molecule has 59 heavy (non-hydrogen) atoms. The summed E-state index contributed by atoms with van der Waals surface area (Å²) >= 11 is 0. The predicted octanol–water partition coefficient (Wildman–Crippen LogP) is -4.87. The number of nitrogens with two attached hydrogens (primary N) is 2. The van der Waals surface area contributed by atoms with Crippen LogP contribution in [0.2, 0.25) is 0 Å². The molecule has 332 valence electrons. The third-order valence-corrected chi connectivity index (χ3v) is 10.4. The molecule has 9 atom stereocenters. The van der Waals surface area contributed by atoms with E-state index in [4.69, 9.17) is 16.2 Å². The van der Waals surface area contributed by atoms with Crippen LogP contribution in [0.4, 0.5) is 0 Å². The number of hydrogen-bond donors (Lipinski definition) is 12. The van der Waals surface area contributed by atoms with Gasteiger partial charge in [-0.3, -0.25) is 43.3 Å². The molecule has 0 aromatic carbocycles. The van der Waals surface area contributed by atoms with Gasteiger partial charge >= 0.3 is 5.97 Å². The Morgan fingerprint density at radius 1 is 0.831 bits per heavy atom. The van der Waals surface area contributed by atoms with E-state index in [-0.39, 0.29) is 44.2 Å². The summed E-state index contributed by atoms with van der Waals surface area (Å²) in [6, 6.07) is -6.39. The topological polar surface area (TPSA) is 367 Å². The molecule has 0 unspecified atom stereocenters. The minimum Gasteiger partial charge on any atom is -0.481 e. The lowest BCUT2D eigenvalue weighted by molar-refractivity contribution is -0.203. The van der Waals surface area contributed by atoms with Crippen molar-refractivity contribution in [1.29, 1.82) is 0 Å². The summed E-state index contributed by atoms with van der Waals surface area (Å²) in [5, 5.41) is 55.1. The molecule has 1 aliphatic carbocycles. The van der Waals surface area contributed by atoms with Gasteiger partial charge in [-0.1, -0.05) is 32.1 Å². The molecule has 0 aromatic heterocycles. The normalized spacial score (nSPS) is 24.7. The maximum atomic E-state index is 14.3. The van der Waals surface area contributed by atoms with E-state index in [2.05, 4.69) is 36.9 Å². The number of aliphatic hydroxyl groups excluding tert-OH is 3. The lowest BCUT2D eigenvalue weighted by Gasteiger charge is -2.43. The van der Waals surface area contributed by atoms with Crippen LogP contribution in [0.3, 0.4) is 0 Å². The second-order valence-corrected chi connectivity index (χ2v) is 15.1. The highest BCUT2D eigenvalue weighted by Crippen LogP contribution is 2.29. The van der Waals surface area contributed by atoms with Crippen molar-refractivity contribution in [3.8, 4) is 0 Å². The number of ether oxygens (including phenoxy) is 1. The van der Waals surface area contributed by atoms with Gasteiger partial charge in [0.2, 0.25) is 41.4 Å². The van der Waals surface area contributed by atoms with Crippen LogP contribution in [0.15, 0.2) is 4.99 Å². The molecule has 3 aliphatic rings. The number of amides is 7. The first-order chi connectivity index (χ1) is 27.9. The number of likely N-dealkylation sites (tertiary alicyclic amines) is 1. The molecule has 1 saturated carbocycles. The number of nitrogens with zero attached hydrogens (tertiary/aromatic N) is 2. The first-order valence-corrected chi connectivity index (χ1v) is 19.8. The first kappa shape index (κ1) is 48.2. The molecule has 0 aromatic rings. The highest BCUT2D eigenvalue weighted by atomic mass is 16.5. The fourth-order valence-electron chi connectivity index (χ4n) is 7.56. The van der Waals surface area contributed by atoms with Crippen molar-refractivity contribution in [2.24, 2.45) is 22.4 Å². The van der Waals surface area contributed by atoms with Crippen molar-refractivity contribution in [2.75, 3.05) is 26.2 Å². The predicted molar refractivity (Wildman–Crippen MR) is 206 cm³/mol. The van der Waals surface area contributed by atoms with Crippen molar-refractivity contribution < 1.29 is 63.5 Å². The number of rotatable bonds is 20. The van der Waals surface area contributed by atoms with Gasteiger partial charge < -0.3 is 73.4 Å². The molecule has 7 amide bonds. The summed E-state index contributed by atoms with van der Waals surface area (Å²) in [7, 11) is 0. The van der Waals surface area contributed by atoms with Crippen LogP contribution >= 0.6 is 0 Å². The van der Waals surface area contributed by atoms with Crippen molar-refractivity contribution in [3.63, 3.8) is 0 Å². The highest BCUT2D eigenvalue weighted by Gasteiger charge is 2.47. The van der Waals surface area contributed by atoms with Gasteiger partial charge in [-0.05, 0) is 38.0 Å². The minimum absolute atomic E-state index is 0.00372. The zero-order valence-corrected chi connectivity index (χ0v) is 33.4. The van der Waals surface area contributed by atoms with Gasteiger partial charge in [-0.25, -0.2) is 0 Å². The van der Waals surface area contributed by atoms with E-state index in [1.165, 1.54) is 11.8 Å². The SMILES string of the molecule is CC(=O)N[C@@H]1[C@@H](O)[C@H](O)[C@@H](CO)O[C@H]1NC(=O)[C@@H]1CCCN1C(=O)[C@H](CC1CCCCC1)NC(=O)[C@H](CC(=O)O)NC(=O)CNC(=O)[C@H](CCCN=C(N)N)NC(C)=O. The molecule has 23 heteroatoms. The Balaban J connectivity index is 1.75. The lowest BCUT2D eigenvalue weighted by Crippen LogP contribution is -2.69. The number of carboxylic acids is 1. The summed E-state index contributed by atoms with van der Waals surface area (Å²) in [6.07, 6.45) is -1.35. The first-order valence-electron chi connectivity index (χ1n) is 19.8. The van der Waals surface area contributed by atoms with Crippen molar-refractivity contribution in [3.05, 3.63) is 0 Å². The fourth-order valence-corrected chi connectivity index (χ4v) is 7.56. The standard InChI is InChI=1S/C36H60N10O13/c1-18(48)41-21(10-6-12-39-36(37)38)31(55)40-16-26(50)43-22(15-27(51)52)32(56)44-23(14-20-8-4-3-5-9-20)35(58)46-13-7-11-24(46)33(57)45-34-28(42-19(2)49)30(54)29(53)25(17-47)59-34/h20-25,28-30,34,47,53-54H,3-17H2,1-2H3,(H,40,55)(H,41,48)(H,42,49)(H,43,50)(H,44,56)(H,45,57)(H,51,52)(H4,37,38,39)/t21-,22-,23-,24-,25+,28+,29+,30+,34+/m0/s1.